The first-order valence-corrected chi connectivity index (χ1v) is 10.2. The lowest BCUT2D eigenvalue weighted by Crippen LogP contribution is -2.38. The van der Waals surface area contributed by atoms with E-state index in [-0.39, 0.29) is 0 Å². The summed E-state index contributed by atoms with van der Waals surface area (Å²) in [7, 11) is 4.03. The second-order valence-electron chi connectivity index (χ2n) is 7.58. The van der Waals surface area contributed by atoms with E-state index in [1.807, 2.05) is 11.3 Å². The summed E-state index contributed by atoms with van der Waals surface area (Å²) in [6, 6.07) is 0.677. The van der Waals surface area contributed by atoms with Crippen LogP contribution >= 0.6 is 11.3 Å². The number of hydrogen-bond donors (Lipinski definition) is 1. The van der Waals surface area contributed by atoms with Crippen molar-refractivity contribution in [2.75, 3.05) is 33.0 Å². The van der Waals surface area contributed by atoms with Crippen LogP contribution in [0.15, 0.2) is 6.33 Å². The maximum Gasteiger partial charge on any atom is 0.135 e. The minimum absolute atomic E-state index is 0.635. The number of nitrogens with zero attached hydrogens (tertiary/aromatic N) is 3. The molecule has 2 N–H and O–H groups in total. The zero-order valence-corrected chi connectivity index (χ0v) is 16.0. The van der Waals surface area contributed by atoms with E-state index >= 15 is 0 Å². The highest BCUT2D eigenvalue weighted by atomic mass is 32.1. The fraction of sp³-hybridized carbons (Fsp3) is 0.684. The standard InChI is InChI=1S/C19H28N4OS/c1-23(8-9-24-2)13-5-3-4-12(10-13)14-6-7-15-16(14)17-18(20)21-11-22-19(17)25-15/h11-14H,3-10H2,1-2H3,(H2,20,21,22)/t12?,13-,14?/m0/s1. The minimum Gasteiger partial charge on any atom is -0.383 e. The van der Waals surface area contributed by atoms with Gasteiger partial charge in [-0.3, -0.25) is 0 Å². The third-order valence-corrected chi connectivity index (χ3v) is 7.39. The van der Waals surface area contributed by atoms with Crippen molar-refractivity contribution >= 4 is 27.4 Å². The topological polar surface area (TPSA) is 64.3 Å². The Hall–Kier alpha value is -1.24. The number of ether oxygens (including phenoxy) is 1. The molecule has 5 nitrogen and oxygen atoms in total. The molecule has 0 aliphatic heterocycles. The van der Waals surface area contributed by atoms with Gasteiger partial charge in [0.25, 0.3) is 0 Å². The van der Waals surface area contributed by atoms with E-state index in [1.54, 1.807) is 13.4 Å². The first kappa shape index (κ1) is 17.2. The summed E-state index contributed by atoms with van der Waals surface area (Å²) in [5.41, 5.74) is 7.72. The number of aromatic nitrogens is 2. The van der Waals surface area contributed by atoms with Gasteiger partial charge in [0, 0.05) is 24.6 Å². The molecule has 4 rings (SSSR count). The smallest absolute Gasteiger partial charge is 0.135 e. The maximum atomic E-state index is 6.23. The van der Waals surface area contributed by atoms with Crippen LogP contribution in [0.4, 0.5) is 5.82 Å². The van der Waals surface area contributed by atoms with Crippen LogP contribution in [0, 0.1) is 5.92 Å². The van der Waals surface area contributed by atoms with Gasteiger partial charge in [-0.15, -0.1) is 11.3 Å². The fourth-order valence-corrected chi connectivity index (χ4v) is 6.12. The van der Waals surface area contributed by atoms with E-state index in [4.69, 9.17) is 10.5 Å². The van der Waals surface area contributed by atoms with Crippen molar-refractivity contribution in [2.24, 2.45) is 5.92 Å². The zero-order valence-electron chi connectivity index (χ0n) is 15.2. The molecule has 6 heteroatoms. The highest BCUT2D eigenvalue weighted by Crippen LogP contribution is 2.50. The number of methoxy groups -OCH3 is 1. The van der Waals surface area contributed by atoms with E-state index in [0.717, 1.165) is 29.3 Å². The predicted octanol–water partition coefficient (Wildman–Crippen LogP) is 3.44. The molecule has 2 unspecified atom stereocenters. The molecule has 2 aliphatic carbocycles. The van der Waals surface area contributed by atoms with Crippen LogP contribution < -0.4 is 5.73 Å². The molecular weight excluding hydrogens is 332 g/mol. The molecule has 0 saturated heterocycles. The first-order valence-electron chi connectivity index (χ1n) is 9.40. The average Bonchev–Trinajstić information content (AvgIpc) is 3.19. The fourth-order valence-electron chi connectivity index (χ4n) is 4.89. The van der Waals surface area contributed by atoms with Gasteiger partial charge in [-0.1, -0.05) is 6.42 Å². The summed E-state index contributed by atoms with van der Waals surface area (Å²) in [4.78, 5) is 13.8. The van der Waals surface area contributed by atoms with Crippen molar-refractivity contribution in [2.45, 2.75) is 50.5 Å². The highest BCUT2D eigenvalue weighted by molar-refractivity contribution is 7.19. The number of likely N-dealkylation sites (N-methyl/N-ethyl adjacent to an activating group) is 1. The normalized spacial score (nSPS) is 26.4. The molecule has 0 aromatic carbocycles. The molecule has 1 saturated carbocycles. The van der Waals surface area contributed by atoms with E-state index in [0.29, 0.717) is 17.8 Å². The molecule has 1 fully saturated rings. The van der Waals surface area contributed by atoms with Crippen molar-refractivity contribution in [1.82, 2.24) is 14.9 Å². The molecule has 0 spiro atoms. The Bertz CT molecular complexity index is 746. The third kappa shape index (κ3) is 3.15. The van der Waals surface area contributed by atoms with Crippen molar-refractivity contribution in [3.8, 4) is 0 Å². The third-order valence-electron chi connectivity index (χ3n) is 6.21. The van der Waals surface area contributed by atoms with Crippen molar-refractivity contribution in [3.05, 3.63) is 16.8 Å². The number of nitrogens with two attached hydrogens (primary N) is 1. The van der Waals surface area contributed by atoms with Crippen LogP contribution in [0.1, 0.15) is 48.5 Å². The predicted molar refractivity (Wildman–Crippen MR) is 103 cm³/mol. The molecule has 2 aliphatic rings. The Morgan fingerprint density at radius 2 is 2.20 bits per heavy atom. The zero-order chi connectivity index (χ0) is 17.4. The lowest BCUT2D eigenvalue weighted by molar-refractivity contribution is 0.104. The SMILES string of the molecule is COCCN(C)[C@H]1CCCC(C2CCc3sc4ncnc(N)c4c32)C1. The summed E-state index contributed by atoms with van der Waals surface area (Å²) in [5.74, 6) is 2.05. The average molecular weight is 361 g/mol. The molecule has 0 radical (unpaired) electrons. The van der Waals surface area contributed by atoms with Crippen LogP contribution in [0.25, 0.3) is 10.2 Å². The first-order chi connectivity index (χ1) is 12.2. The van der Waals surface area contributed by atoms with Gasteiger partial charge in [-0.2, -0.15) is 0 Å². The Kier molecular flexibility index (Phi) is 4.93. The largest absolute Gasteiger partial charge is 0.383 e. The second kappa shape index (κ2) is 7.17. The Labute approximate surface area is 153 Å². The molecule has 136 valence electrons. The van der Waals surface area contributed by atoms with Gasteiger partial charge in [0.2, 0.25) is 0 Å². The number of fused-ring (bicyclic) bond motifs is 3. The Balaban J connectivity index is 1.57. The van der Waals surface area contributed by atoms with Gasteiger partial charge < -0.3 is 15.4 Å². The number of thiophene rings is 1. The number of hydrogen-bond acceptors (Lipinski definition) is 6. The van der Waals surface area contributed by atoms with Crippen molar-refractivity contribution in [3.63, 3.8) is 0 Å². The van der Waals surface area contributed by atoms with Gasteiger partial charge in [-0.05, 0) is 56.6 Å². The van der Waals surface area contributed by atoms with Crippen LogP contribution in [0.3, 0.4) is 0 Å². The molecule has 0 amide bonds. The molecule has 0 bridgehead atoms. The van der Waals surface area contributed by atoms with Gasteiger partial charge in [-0.25, -0.2) is 9.97 Å². The van der Waals surface area contributed by atoms with Crippen LogP contribution in [-0.2, 0) is 11.2 Å². The highest BCUT2D eigenvalue weighted by Gasteiger charge is 2.37. The number of aryl methyl sites for hydroxylation is 1. The maximum absolute atomic E-state index is 6.23. The summed E-state index contributed by atoms with van der Waals surface area (Å²) >= 11 is 1.83. The molecule has 2 aromatic heterocycles. The Morgan fingerprint density at radius 1 is 1.32 bits per heavy atom. The van der Waals surface area contributed by atoms with Gasteiger partial charge >= 0.3 is 0 Å². The number of anilines is 1. The quantitative estimate of drug-likeness (QED) is 0.885. The lowest BCUT2D eigenvalue weighted by atomic mass is 9.75. The van der Waals surface area contributed by atoms with Crippen molar-refractivity contribution < 1.29 is 4.74 Å². The van der Waals surface area contributed by atoms with E-state index in [9.17, 15) is 0 Å². The molecule has 3 atom stereocenters. The van der Waals surface area contributed by atoms with Gasteiger partial charge in [0.15, 0.2) is 0 Å². The number of nitrogen functional groups attached to an aromatic ring is 1. The molecule has 25 heavy (non-hydrogen) atoms. The second-order valence-corrected chi connectivity index (χ2v) is 8.66. The lowest BCUT2D eigenvalue weighted by Gasteiger charge is -2.38. The van der Waals surface area contributed by atoms with E-state index < -0.39 is 0 Å². The van der Waals surface area contributed by atoms with Gasteiger partial charge in [0.1, 0.15) is 17.0 Å². The van der Waals surface area contributed by atoms with Gasteiger partial charge in [0.05, 0.1) is 12.0 Å². The summed E-state index contributed by atoms with van der Waals surface area (Å²) in [6.07, 6.45) is 9.31. The monoisotopic (exact) mass is 360 g/mol. The summed E-state index contributed by atoms with van der Waals surface area (Å²) in [5, 5.41) is 1.15. The van der Waals surface area contributed by atoms with Crippen LogP contribution in [0.5, 0.6) is 0 Å². The summed E-state index contributed by atoms with van der Waals surface area (Å²) < 4.78 is 5.26. The molecule has 2 aromatic rings. The van der Waals surface area contributed by atoms with E-state index in [1.165, 1.54) is 49.0 Å². The van der Waals surface area contributed by atoms with Crippen molar-refractivity contribution in [1.29, 1.82) is 0 Å². The minimum atomic E-state index is 0.635. The Morgan fingerprint density at radius 3 is 3.04 bits per heavy atom. The molecule has 2 heterocycles. The van der Waals surface area contributed by atoms with Crippen LogP contribution in [0.2, 0.25) is 0 Å². The van der Waals surface area contributed by atoms with Crippen LogP contribution in [-0.4, -0.2) is 48.2 Å². The summed E-state index contributed by atoms with van der Waals surface area (Å²) in [6.45, 7) is 1.83. The number of rotatable bonds is 5. The molecular formula is C19H28N4OS. The van der Waals surface area contributed by atoms with E-state index in [2.05, 4.69) is 21.9 Å².